The van der Waals surface area contributed by atoms with Crippen LogP contribution in [-0.4, -0.2) is 31.5 Å². The number of aromatic nitrogens is 1. The van der Waals surface area contributed by atoms with E-state index in [1.54, 1.807) is 11.6 Å². The van der Waals surface area contributed by atoms with Crippen LogP contribution >= 0.6 is 11.3 Å². The molecule has 1 heterocycles. The zero-order valence-corrected chi connectivity index (χ0v) is 14.4. The Kier molecular flexibility index (Phi) is 4.78. The van der Waals surface area contributed by atoms with Crippen LogP contribution in [0.2, 0.25) is 0 Å². The van der Waals surface area contributed by atoms with Gasteiger partial charge in [-0.3, -0.25) is 4.79 Å². The molecule has 120 valence electrons. The highest BCUT2D eigenvalue weighted by Gasteiger charge is 2.06. The van der Waals surface area contributed by atoms with Crippen molar-refractivity contribution in [3.05, 3.63) is 59.1 Å². The molecule has 3 rings (SSSR count). The van der Waals surface area contributed by atoms with E-state index in [1.807, 2.05) is 55.4 Å². The summed E-state index contributed by atoms with van der Waals surface area (Å²) < 4.78 is 1.01. The lowest BCUT2D eigenvalue weighted by Crippen LogP contribution is -2.23. The van der Waals surface area contributed by atoms with Crippen molar-refractivity contribution < 1.29 is 4.79 Å². The summed E-state index contributed by atoms with van der Waals surface area (Å²) in [5, 5.41) is 2.82. The summed E-state index contributed by atoms with van der Waals surface area (Å²) in [6.45, 7) is 0.314. The van der Waals surface area contributed by atoms with Crippen LogP contribution in [0, 0.1) is 11.8 Å². The number of anilines is 1. The molecule has 0 bridgehead atoms. The van der Waals surface area contributed by atoms with Crippen LogP contribution in [0.25, 0.3) is 10.2 Å². The first-order chi connectivity index (χ1) is 11.6. The minimum atomic E-state index is -0.123. The van der Waals surface area contributed by atoms with Gasteiger partial charge in [0.2, 0.25) is 0 Å². The molecule has 0 saturated carbocycles. The number of benzene rings is 2. The predicted octanol–water partition coefficient (Wildman–Crippen LogP) is 3.14. The van der Waals surface area contributed by atoms with E-state index in [4.69, 9.17) is 0 Å². The molecule has 0 aliphatic heterocycles. The topological polar surface area (TPSA) is 45.2 Å². The van der Waals surface area contributed by atoms with Crippen molar-refractivity contribution in [2.75, 3.05) is 25.5 Å². The number of amides is 1. The first-order valence-corrected chi connectivity index (χ1v) is 8.39. The van der Waals surface area contributed by atoms with E-state index >= 15 is 0 Å². The SMILES string of the molecule is CN(C)c1ccc(C#CCNC(=O)c2ccc3ncsc3c2)cc1. The number of hydrogen-bond donors (Lipinski definition) is 1. The molecule has 24 heavy (non-hydrogen) atoms. The number of rotatable bonds is 3. The van der Waals surface area contributed by atoms with Gasteiger partial charge in [-0.25, -0.2) is 4.98 Å². The number of carbonyl (C=O) groups excluding carboxylic acids is 1. The van der Waals surface area contributed by atoms with Gasteiger partial charge >= 0.3 is 0 Å². The fourth-order valence-corrected chi connectivity index (χ4v) is 2.93. The fraction of sp³-hybridized carbons (Fsp3) is 0.158. The maximum absolute atomic E-state index is 12.1. The van der Waals surface area contributed by atoms with Crippen LogP contribution in [-0.2, 0) is 0 Å². The molecule has 0 spiro atoms. The van der Waals surface area contributed by atoms with Crippen LogP contribution in [0.4, 0.5) is 5.69 Å². The zero-order valence-electron chi connectivity index (χ0n) is 13.5. The molecule has 1 amide bonds. The highest BCUT2D eigenvalue weighted by Crippen LogP contribution is 2.18. The molecule has 0 atom stereocenters. The van der Waals surface area contributed by atoms with Gasteiger partial charge in [0.05, 0.1) is 22.3 Å². The number of nitrogens with zero attached hydrogens (tertiary/aromatic N) is 2. The second-order valence-corrected chi connectivity index (χ2v) is 6.35. The number of hydrogen-bond acceptors (Lipinski definition) is 4. The smallest absolute Gasteiger partial charge is 0.252 e. The number of nitrogens with one attached hydrogen (secondary N) is 1. The predicted molar refractivity (Wildman–Crippen MR) is 99.6 cm³/mol. The van der Waals surface area contributed by atoms with Gasteiger partial charge in [-0.2, -0.15) is 0 Å². The molecule has 0 saturated heterocycles. The molecule has 4 nitrogen and oxygen atoms in total. The molecule has 0 radical (unpaired) electrons. The Morgan fingerprint density at radius 3 is 2.75 bits per heavy atom. The van der Waals surface area contributed by atoms with Crippen LogP contribution in [0.3, 0.4) is 0 Å². The van der Waals surface area contributed by atoms with Gasteiger partial charge in [-0.15, -0.1) is 11.3 Å². The van der Waals surface area contributed by atoms with Crippen LogP contribution in [0.1, 0.15) is 15.9 Å². The molecule has 0 aliphatic rings. The maximum atomic E-state index is 12.1. The van der Waals surface area contributed by atoms with Gasteiger partial charge in [0.1, 0.15) is 0 Å². The Balaban J connectivity index is 1.58. The van der Waals surface area contributed by atoms with Crippen LogP contribution in [0.5, 0.6) is 0 Å². The molecule has 0 unspecified atom stereocenters. The third-order valence-electron chi connectivity index (χ3n) is 3.55. The van der Waals surface area contributed by atoms with Crippen molar-refractivity contribution in [1.82, 2.24) is 10.3 Å². The van der Waals surface area contributed by atoms with Crippen molar-refractivity contribution in [3.63, 3.8) is 0 Å². The number of carbonyl (C=O) groups is 1. The first-order valence-electron chi connectivity index (χ1n) is 7.51. The van der Waals surface area contributed by atoms with Gasteiger partial charge in [-0.1, -0.05) is 11.8 Å². The maximum Gasteiger partial charge on any atom is 0.252 e. The Hall–Kier alpha value is -2.84. The van der Waals surface area contributed by atoms with Gasteiger partial charge < -0.3 is 10.2 Å². The Morgan fingerprint density at radius 1 is 1.21 bits per heavy atom. The Bertz CT molecular complexity index is 917. The zero-order chi connectivity index (χ0) is 16.9. The second-order valence-electron chi connectivity index (χ2n) is 5.46. The van der Waals surface area contributed by atoms with Gasteiger partial charge in [0.15, 0.2) is 0 Å². The molecule has 5 heteroatoms. The monoisotopic (exact) mass is 335 g/mol. The summed E-state index contributed by atoms with van der Waals surface area (Å²) in [6, 6.07) is 13.5. The average Bonchev–Trinajstić information content (AvgIpc) is 3.06. The van der Waals surface area contributed by atoms with Crippen LogP contribution < -0.4 is 10.2 Å². The molecule has 3 aromatic rings. The number of thiazole rings is 1. The quantitative estimate of drug-likeness (QED) is 0.748. The third kappa shape index (κ3) is 3.73. The largest absolute Gasteiger partial charge is 0.378 e. The minimum Gasteiger partial charge on any atom is -0.378 e. The van der Waals surface area contributed by atoms with E-state index in [0.717, 1.165) is 21.5 Å². The van der Waals surface area contributed by atoms with Gasteiger partial charge in [-0.05, 0) is 42.5 Å². The third-order valence-corrected chi connectivity index (χ3v) is 4.34. The molecule has 0 fully saturated rings. The van der Waals surface area contributed by atoms with Crippen molar-refractivity contribution >= 4 is 33.1 Å². The molecule has 1 aromatic heterocycles. The molecule has 0 aliphatic carbocycles. The van der Waals surface area contributed by atoms with Crippen LogP contribution in [0.15, 0.2) is 48.0 Å². The molecule has 1 N–H and O–H groups in total. The second kappa shape index (κ2) is 7.16. The standard InChI is InChI=1S/C19H17N3OS/c1-22(2)16-8-5-14(6-9-16)4-3-11-20-19(23)15-7-10-17-18(12-15)24-13-21-17/h5-10,12-13H,11H2,1-2H3,(H,20,23). The summed E-state index contributed by atoms with van der Waals surface area (Å²) in [6.07, 6.45) is 0. The summed E-state index contributed by atoms with van der Waals surface area (Å²) in [5.41, 5.74) is 5.38. The van der Waals surface area contributed by atoms with E-state index < -0.39 is 0 Å². The lowest BCUT2D eigenvalue weighted by atomic mass is 10.2. The van der Waals surface area contributed by atoms with Crippen molar-refractivity contribution in [1.29, 1.82) is 0 Å². The summed E-state index contributed by atoms with van der Waals surface area (Å²) in [5.74, 6) is 5.91. The lowest BCUT2D eigenvalue weighted by Gasteiger charge is -2.11. The van der Waals surface area contributed by atoms with Crippen molar-refractivity contribution in [3.8, 4) is 11.8 Å². The molecule has 2 aromatic carbocycles. The highest BCUT2D eigenvalue weighted by atomic mass is 32.1. The van der Waals surface area contributed by atoms with E-state index in [1.165, 1.54) is 11.3 Å². The summed E-state index contributed by atoms with van der Waals surface area (Å²) in [7, 11) is 4.00. The minimum absolute atomic E-state index is 0.123. The molecular formula is C19H17N3OS. The van der Waals surface area contributed by atoms with Gasteiger partial charge in [0, 0.05) is 30.9 Å². The summed E-state index contributed by atoms with van der Waals surface area (Å²) in [4.78, 5) is 18.4. The first kappa shape index (κ1) is 16.0. The Morgan fingerprint density at radius 2 is 2.00 bits per heavy atom. The number of fused-ring (bicyclic) bond motifs is 1. The van der Waals surface area contributed by atoms with E-state index in [-0.39, 0.29) is 5.91 Å². The summed E-state index contributed by atoms with van der Waals surface area (Å²) >= 11 is 1.53. The van der Waals surface area contributed by atoms with E-state index in [9.17, 15) is 4.79 Å². The lowest BCUT2D eigenvalue weighted by molar-refractivity contribution is 0.0959. The highest BCUT2D eigenvalue weighted by molar-refractivity contribution is 7.16. The Labute approximate surface area is 145 Å². The normalized spacial score (nSPS) is 10.1. The van der Waals surface area contributed by atoms with Crippen molar-refractivity contribution in [2.24, 2.45) is 0 Å². The average molecular weight is 335 g/mol. The van der Waals surface area contributed by atoms with E-state index in [0.29, 0.717) is 12.1 Å². The van der Waals surface area contributed by atoms with Gasteiger partial charge in [0.25, 0.3) is 5.91 Å². The van der Waals surface area contributed by atoms with E-state index in [2.05, 4.69) is 22.1 Å². The van der Waals surface area contributed by atoms with Crippen molar-refractivity contribution in [2.45, 2.75) is 0 Å². The fourth-order valence-electron chi connectivity index (χ4n) is 2.21. The molecular weight excluding hydrogens is 318 g/mol.